The molecule has 0 radical (unpaired) electrons. The summed E-state index contributed by atoms with van der Waals surface area (Å²) >= 11 is 0. The first-order valence-electron chi connectivity index (χ1n) is 3.99. The van der Waals surface area contributed by atoms with Gasteiger partial charge < -0.3 is 5.73 Å². The van der Waals surface area contributed by atoms with Gasteiger partial charge >= 0.3 is 0 Å². The predicted molar refractivity (Wildman–Crippen MR) is 47.0 cm³/mol. The molecule has 1 aliphatic heterocycles. The molecule has 0 amide bonds. The van der Waals surface area contributed by atoms with Crippen LogP contribution in [0.5, 0.6) is 0 Å². The number of hydrogen-bond donors (Lipinski definition) is 1. The largest absolute Gasteiger partial charge is 0.368 e. The first-order valence-corrected chi connectivity index (χ1v) is 3.99. The lowest BCUT2D eigenvalue weighted by atomic mass is 10.2. The summed E-state index contributed by atoms with van der Waals surface area (Å²) in [6.07, 6.45) is 0.732. The lowest BCUT2D eigenvalue weighted by Crippen LogP contribution is -2.08. The number of rotatable bonds is 1. The molecule has 1 aliphatic rings. The summed E-state index contributed by atoms with van der Waals surface area (Å²) in [4.78, 5) is 20.7. The van der Waals surface area contributed by atoms with Gasteiger partial charge in [-0.2, -0.15) is 0 Å². The maximum Gasteiger partial charge on any atom is 0.220 e. The number of carbonyl (C=O) groups is 1. The summed E-state index contributed by atoms with van der Waals surface area (Å²) in [7, 11) is 1.96. The third-order valence-electron chi connectivity index (χ3n) is 2.10. The molecule has 2 heterocycles. The number of hydrogen-bond acceptors (Lipinski definition) is 5. The van der Waals surface area contributed by atoms with Crippen LogP contribution in [0.2, 0.25) is 0 Å². The van der Waals surface area contributed by atoms with Crippen LogP contribution in [0, 0.1) is 0 Å². The smallest absolute Gasteiger partial charge is 0.220 e. The Bertz CT molecular complexity index is 363. The van der Waals surface area contributed by atoms with Crippen LogP contribution in [-0.2, 0) is 13.1 Å². The number of anilines is 1. The van der Waals surface area contributed by atoms with E-state index in [1.807, 2.05) is 7.05 Å². The van der Waals surface area contributed by atoms with E-state index in [1.54, 1.807) is 0 Å². The monoisotopic (exact) mass is 178 g/mol. The molecule has 0 bridgehead atoms. The van der Waals surface area contributed by atoms with Crippen molar-refractivity contribution in [3.05, 3.63) is 17.0 Å². The van der Waals surface area contributed by atoms with Gasteiger partial charge in [0, 0.05) is 18.7 Å². The second-order valence-corrected chi connectivity index (χ2v) is 3.18. The Balaban J connectivity index is 2.56. The summed E-state index contributed by atoms with van der Waals surface area (Å²) in [6.45, 7) is 1.46. The molecule has 2 N–H and O–H groups in total. The molecule has 0 aromatic carbocycles. The van der Waals surface area contributed by atoms with Crippen molar-refractivity contribution in [3.63, 3.8) is 0 Å². The van der Waals surface area contributed by atoms with Crippen molar-refractivity contribution in [3.8, 4) is 0 Å². The minimum atomic E-state index is 0.177. The predicted octanol–water partition coefficient (Wildman–Crippen LogP) is -0.183. The molecule has 0 atom stereocenters. The maximum absolute atomic E-state index is 10.7. The van der Waals surface area contributed by atoms with Crippen LogP contribution >= 0.6 is 0 Å². The van der Waals surface area contributed by atoms with E-state index in [2.05, 4.69) is 14.9 Å². The van der Waals surface area contributed by atoms with Gasteiger partial charge in [0.15, 0.2) is 6.29 Å². The fourth-order valence-electron chi connectivity index (χ4n) is 1.55. The maximum atomic E-state index is 10.7. The first kappa shape index (κ1) is 8.12. The van der Waals surface area contributed by atoms with Crippen LogP contribution in [0.4, 0.5) is 5.95 Å². The standard InChI is InChI=1S/C8H10N4O/c1-12-2-5-6(3-12)10-8(9)11-7(5)4-13/h4H,2-3H2,1H3,(H2,9,10,11). The van der Waals surface area contributed by atoms with Crippen LogP contribution in [0.3, 0.4) is 0 Å². The molecule has 0 unspecified atom stereocenters. The van der Waals surface area contributed by atoms with E-state index >= 15 is 0 Å². The van der Waals surface area contributed by atoms with E-state index in [0.717, 1.165) is 30.6 Å². The lowest BCUT2D eigenvalue weighted by Gasteiger charge is -2.02. The molecular formula is C8H10N4O. The highest BCUT2D eigenvalue weighted by Crippen LogP contribution is 2.21. The summed E-state index contributed by atoms with van der Waals surface area (Å²) in [5, 5.41) is 0. The van der Waals surface area contributed by atoms with E-state index in [0.29, 0.717) is 5.69 Å². The third-order valence-corrected chi connectivity index (χ3v) is 2.10. The van der Waals surface area contributed by atoms with Gasteiger partial charge in [0.05, 0.1) is 5.69 Å². The highest BCUT2D eigenvalue weighted by atomic mass is 16.1. The van der Waals surface area contributed by atoms with E-state index in [9.17, 15) is 4.79 Å². The first-order chi connectivity index (χ1) is 6.20. The Kier molecular flexibility index (Phi) is 1.73. The molecule has 13 heavy (non-hydrogen) atoms. The van der Waals surface area contributed by atoms with Gasteiger partial charge in [0.25, 0.3) is 0 Å². The van der Waals surface area contributed by atoms with Gasteiger partial charge in [0.2, 0.25) is 5.95 Å². The Labute approximate surface area is 75.6 Å². The number of carbonyl (C=O) groups excluding carboxylic acids is 1. The van der Waals surface area contributed by atoms with Crippen LogP contribution in [0.25, 0.3) is 0 Å². The summed E-state index contributed by atoms with van der Waals surface area (Å²) in [5.41, 5.74) is 7.66. The highest BCUT2D eigenvalue weighted by molar-refractivity contribution is 5.75. The SMILES string of the molecule is CN1Cc2nc(N)nc(C=O)c2C1. The molecule has 0 aliphatic carbocycles. The highest BCUT2D eigenvalue weighted by Gasteiger charge is 2.21. The molecule has 5 nitrogen and oxygen atoms in total. The third kappa shape index (κ3) is 1.27. The minimum Gasteiger partial charge on any atom is -0.368 e. The minimum absolute atomic E-state index is 0.177. The molecule has 0 saturated heterocycles. The molecule has 0 spiro atoms. The molecule has 1 aromatic rings. The van der Waals surface area contributed by atoms with E-state index in [4.69, 9.17) is 5.73 Å². The zero-order valence-electron chi connectivity index (χ0n) is 7.32. The van der Waals surface area contributed by atoms with Crippen molar-refractivity contribution in [1.82, 2.24) is 14.9 Å². The fourth-order valence-corrected chi connectivity index (χ4v) is 1.55. The van der Waals surface area contributed by atoms with E-state index in [1.165, 1.54) is 0 Å². The zero-order chi connectivity index (χ0) is 9.42. The molecule has 2 rings (SSSR count). The number of fused-ring (bicyclic) bond motifs is 1. The van der Waals surface area contributed by atoms with E-state index < -0.39 is 0 Å². The summed E-state index contributed by atoms with van der Waals surface area (Å²) in [5.74, 6) is 0.177. The van der Waals surface area contributed by atoms with Gasteiger partial charge in [0.1, 0.15) is 5.69 Å². The van der Waals surface area contributed by atoms with Gasteiger partial charge in [-0.15, -0.1) is 0 Å². The van der Waals surface area contributed by atoms with Crippen LogP contribution in [0.1, 0.15) is 21.7 Å². The number of nitrogens with two attached hydrogens (primary N) is 1. The molecule has 1 aromatic heterocycles. The quantitative estimate of drug-likeness (QED) is 0.604. The average Bonchev–Trinajstić information content (AvgIpc) is 2.43. The van der Waals surface area contributed by atoms with Gasteiger partial charge in [-0.3, -0.25) is 9.69 Å². The molecule has 5 heteroatoms. The van der Waals surface area contributed by atoms with Crippen molar-refractivity contribution >= 4 is 12.2 Å². The van der Waals surface area contributed by atoms with Crippen molar-refractivity contribution in [2.45, 2.75) is 13.1 Å². The Morgan fingerprint density at radius 2 is 2.23 bits per heavy atom. The Morgan fingerprint density at radius 3 is 2.92 bits per heavy atom. The number of nitrogens with zero attached hydrogens (tertiary/aromatic N) is 3. The topological polar surface area (TPSA) is 72.1 Å². The van der Waals surface area contributed by atoms with Crippen LogP contribution in [-0.4, -0.2) is 28.2 Å². The van der Waals surface area contributed by atoms with Crippen molar-refractivity contribution in [2.24, 2.45) is 0 Å². The Hall–Kier alpha value is -1.49. The number of aldehydes is 1. The zero-order valence-corrected chi connectivity index (χ0v) is 7.32. The molecular weight excluding hydrogens is 168 g/mol. The average molecular weight is 178 g/mol. The van der Waals surface area contributed by atoms with Gasteiger partial charge in [-0.25, -0.2) is 9.97 Å². The number of aromatic nitrogens is 2. The van der Waals surface area contributed by atoms with E-state index in [-0.39, 0.29) is 5.95 Å². The van der Waals surface area contributed by atoms with Gasteiger partial charge in [-0.1, -0.05) is 0 Å². The summed E-state index contributed by atoms with van der Waals surface area (Å²) in [6, 6.07) is 0. The molecule has 68 valence electrons. The van der Waals surface area contributed by atoms with Crippen LogP contribution < -0.4 is 5.73 Å². The Morgan fingerprint density at radius 1 is 1.46 bits per heavy atom. The second kappa shape index (κ2) is 2.77. The number of nitrogen functional groups attached to an aromatic ring is 1. The van der Waals surface area contributed by atoms with Crippen molar-refractivity contribution in [2.75, 3.05) is 12.8 Å². The fraction of sp³-hybridized carbons (Fsp3) is 0.375. The summed E-state index contributed by atoms with van der Waals surface area (Å²) < 4.78 is 0. The molecule has 0 saturated carbocycles. The lowest BCUT2D eigenvalue weighted by molar-refractivity contribution is 0.111. The van der Waals surface area contributed by atoms with Crippen molar-refractivity contribution in [1.29, 1.82) is 0 Å². The molecule has 0 fully saturated rings. The second-order valence-electron chi connectivity index (χ2n) is 3.18. The van der Waals surface area contributed by atoms with Crippen molar-refractivity contribution < 1.29 is 4.79 Å². The van der Waals surface area contributed by atoms with Gasteiger partial charge in [-0.05, 0) is 7.05 Å². The van der Waals surface area contributed by atoms with Crippen LogP contribution in [0.15, 0.2) is 0 Å². The normalized spacial score (nSPS) is 15.8.